The van der Waals surface area contributed by atoms with Gasteiger partial charge in [-0.25, -0.2) is 4.79 Å². The first-order valence-electron chi connectivity index (χ1n) is 16.5. The lowest BCUT2D eigenvalue weighted by molar-refractivity contribution is -0.145. The summed E-state index contributed by atoms with van der Waals surface area (Å²) in [6.07, 6.45) is 0.0144. The predicted octanol–water partition coefficient (Wildman–Crippen LogP) is -1.16. The molecular weight excluding hydrogens is 656 g/mol. The lowest BCUT2D eigenvalue weighted by Gasteiger charge is -2.31. The summed E-state index contributed by atoms with van der Waals surface area (Å²) in [5.41, 5.74) is 6.62. The molecular formula is C33H50N6O11. The number of hydrogen-bond donors (Lipinski definition) is 9. The predicted molar refractivity (Wildman–Crippen MR) is 178 cm³/mol. The largest absolute Gasteiger partial charge is 0.508 e. The zero-order valence-electron chi connectivity index (χ0n) is 28.8. The van der Waals surface area contributed by atoms with E-state index in [2.05, 4.69) is 21.3 Å². The maximum absolute atomic E-state index is 13.8. The van der Waals surface area contributed by atoms with Crippen LogP contribution in [0, 0.1) is 11.8 Å². The Labute approximate surface area is 290 Å². The molecule has 17 heteroatoms. The summed E-state index contributed by atoms with van der Waals surface area (Å²) >= 11 is 0. The average Bonchev–Trinajstić information content (AvgIpc) is 3.52. The topological polar surface area (TPSA) is 278 Å². The molecule has 6 atom stereocenters. The molecule has 1 aliphatic heterocycles. The minimum Gasteiger partial charge on any atom is -0.508 e. The second-order valence-electron chi connectivity index (χ2n) is 13.3. The van der Waals surface area contributed by atoms with Gasteiger partial charge in [0, 0.05) is 6.54 Å². The Kier molecular flexibility index (Phi) is 16.1. The van der Waals surface area contributed by atoms with Gasteiger partial charge in [0.25, 0.3) is 0 Å². The molecule has 1 aromatic carbocycles. The molecule has 5 amide bonds. The highest BCUT2D eigenvalue weighted by atomic mass is 16.4. The van der Waals surface area contributed by atoms with Crippen molar-refractivity contribution in [2.75, 3.05) is 13.2 Å². The number of nitrogens with one attached hydrogen (secondary N) is 4. The minimum atomic E-state index is -1.60. The monoisotopic (exact) mass is 706 g/mol. The molecule has 10 N–H and O–H groups in total. The quantitative estimate of drug-likeness (QED) is 0.0824. The van der Waals surface area contributed by atoms with Gasteiger partial charge in [-0.05, 0) is 61.6 Å². The molecule has 0 saturated carbocycles. The fraction of sp³-hybridized carbons (Fsp3) is 0.606. The maximum atomic E-state index is 13.8. The molecule has 0 aromatic heterocycles. The van der Waals surface area contributed by atoms with Crippen LogP contribution in [-0.4, -0.2) is 116 Å². The van der Waals surface area contributed by atoms with E-state index in [4.69, 9.17) is 5.73 Å². The fourth-order valence-corrected chi connectivity index (χ4v) is 5.54. The number of aliphatic hydroxyl groups excluding tert-OH is 1. The number of likely N-dealkylation sites (tertiary alicyclic amines) is 1. The van der Waals surface area contributed by atoms with Gasteiger partial charge in [-0.2, -0.15) is 0 Å². The first kappa shape index (κ1) is 41.4. The molecule has 0 radical (unpaired) electrons. The highest BCUT2D eigenvalue weighted by Crippen LogP contribution is 2.21. The van der Waals surface area contributed by atoms with E-state index in [1.807, 2.05) is 0 Å². The number of nitrogens with two attached hydrogens (primary N) is 1. The number of phenolic OH excluding ortho intramolecular Hbond substituents is 1. The Hall–Kier alpha value is -4.77. The third-order valence-electron chi connectivity index (χ3n) is 8.04. The van der Waals surface area contributed by atoms with E-state index in [1.54, 1.807) is 39.8 Å². The van der Waals surface area contributed by atoms with Crippen molar-refractivity contribution >= 4 is 41.5 Å². The number of amides is 5. The van der Waals surface area contributed by atoms with Gasteiger partial charge in [-0.15, -0.1) is 0 Å². The summed E-state index contributed by atoms with van der Waals surface area (Å²) < 4.78 is 0. The molecule has 0 aliphatic carbocycles. The number of rotatable bonds is 19. The van der Waals surface area contributed by atoms with Gasteiger partial charge in [0.05, 0.1) is 19.1 Å². The zero-order chi connectivity index (χ0) is 37.7. The summed E-state index contributed by atoms with van der Waals surface area (Å²) in [6.45, 7) is 6.39. The van der Waals surface area contributed by atoms with Gasteiger partial charge < -0.3 is 52.3 Å². The third-order valence-corrected chi connectivity index (χ3v) is 8.04. The van der Waals surface area contributed by atoms with Crippen LogP contribution in [0.1, 0.15) is 65.4 Å². The third kappa shape index (κ3) is 12.9. The Bertz CT molecular complexity index is 1370. The van der Waals surface area contributed by atoms with Crippen LogP contribution in [0.2, 0.25) is 0 Å². The van der Waals surface area contributed by atoms with E-state index >= 15 is 0 Å². The van der Waals surface area contributed by atoms with E-state index in [-0.39, 0.29) is 49.8 Å². The van der Waals surface area contributed by atoms with E-state index in [0.717, 1.165) is 0 Å². The Balaban J connectivity index is 2.17. The number of nitrogens with zero attached hydrogens (tertiary/aromatic N) is 1. The lowest BCUT2D eigenvalue weighted by atomic mass is 10.0. The van der Waals surface area contributed by atoms with Crippen molar-refractivity contribution in [3.8, 4) is 5.75 Å². The van der Waals surface area contributed by atoms with Crippen molar-refractivity contribution in [3.63, 3.8) is 0 Å². The highest BCUT2D eigenvalue weighted by Gasteiger charge is 2.40. The first-order valence-corrected chi connectivity index (χ1v) is 16.5. The van der Waals surface area contributed by atoms with Crippen molar-refractivity contribution in [2.24, 2.45) is 17.6 Å². The Morgan fingerprint density at radius 1 is 0.800 bits per heavy atom. The number of benzene rings is 1. The summed E-state index contributed by atoms with van der Waals surface area (Å²) in [6, 6.07) is -1.89. The molecule has 0 spiro atoms. The van der Waals surface area contributed by atoms with E-state index in [1.165, 1.54) is 17.0 Å². The smallest absolute Gasteiger partial charge is 0.326 e. The van der Waals surface area contributed by atoms with E-state index < -0.39 is 90.8 Å². The molecule has 50 heavy (non-hydrogen) atoms. The molecule has 1 fully saturated rings. The number of aliphatic carboxylic acids is 2. The van der Waals surface area contributed by atoms with Crippen molar-refractivity contribution in [1.29, 1.82) is 0 Å². The van der Waals surface area contributed by atoms with Crippen LogP contribution in [0.4, 0.5) is 0 Å². The Morgan fingerprint density at radius 3 is 1.88 bits per heavy atom. The average molecular weight is 707 g/mol. The van der Waals surface area contributed by atoms with Gasteiger partial charge in [0.2, 0.25) is 29.5 Å². The van der Waals surface area contributed by atoms with Gasteiger partial charge in [-0.3, -0.25) is 28.8 Å². The molecule has 1 heterocycles. The second-order valence-corrected chi connectivity index (χ2v) is 13.3. The van der Waals surface area contributed by atoms with Crippen LogP contribution in [0.3, 0.4) is 0 Å². The number of aromatic hydroxyl groups is 1. The summed E-state index contributed by atoms with van der Waals surface area (Å²) in [7, 11) is 0. The number of hydrogen-bond acceptors (Lipinski definition) is 10. The Morgan fingerprint density at radius 2 is 1.34 bits per heavy atom. The van der Waals surface area contributed by atoms with E-state index in [9.17, 15) is 54.0 Å². The molecule has 0 unspecified atom stereocenters. The standard InChI is InChI=1S/C33H50N6O11/c1-17(2)12-23(36-29(45)22(15-27(42)43)35-28(44)21(34)14-19-7-9-20(41)10-8-19)32(48)39-11-5-6-26(39)31(47)38-25(16-40)30(46)37-24(33(49)50)13-18(3)4/h7-10,17-18,21-26,40-41H,5-6,11-16,34H2,1-4H3,(H,35,44)(H,36,45)(H,37,46)(H,38,47)(H,42,43)(H,49,50)/t21-,22-,23-,24-,25-,26-/m0/s1. The number of carbonyl (C=O) groups excluding carboxylic acids is 5. The summed E-state index contributed by atoms with van der Waals surface area (Å²) in [5.74, 6) is -6.99. The number of aliphatic hydroxyl groups is 1. The van der Waals surface area contributed by atoms with Crippen LogP contribution in [0.15, 0.2) is 24.3 Å². The van der Waals surface area contributed by atoms with Crippen molar-refractivity contribution in [3.05, 3.63) is 29.8 Å². The van der Waals surface area contributed by atoms with Gasteiger partial charge in [0.15, 0.2) is 0 Å². The van der Waals surface area contributed by atoms with Crippen molar-refractivity contribution < 1.29 is 54.0 Å². The van der Waals surface area contributed by atoms with Crippen molar-refractivity contribution in [2.45, 2.75) is 102 Å². The van der Waals surface area contributed by atoms with Crippen LogP contribution in [0.5, 0.6) is 5.75 Å². The molecule has 0 bridgehead atoms. The minimum absolute atomic E-state index is 0.0151. The van der Waals surface area contributed by atoms with Gasteiger partial charge in [0.1, 0.15) is 36.0 Å². The maximum Gasteiger partial charge on any atom is 0.326 e. The van der Waals surface area contributed by atoms with Crippen LogP contribution in [-0.2, 0) is 40.0 Å². The SMILES string of the molecule is CC(C)C[C@H](NC(=O)[C@H](CO)NC(=O)[C@@H]1CCCN1C(=O)[C@H](CC(C)C)NC(=O)[C@H](CC(=O)O)NC(=O)[C@@H](N)Cc1ccc(O)cc1)C(=O)O. The number of carboxylic acids is 2. The number of phenols is 1. The van der Waals surface area contributed by atoms with Gasteiger partial charge >= 0.3 is 11.9 Å². The summed E-state index contributed by atoms with van der Waals surface area (Å²) in [5, 5.41) is 47.8. The highest BCUT2D eigenvalue weighted by molar-refractivity contribution is 5.97. The molecule has 2 rings (SSSR count). The van der Waals surface area contributed by atoms with Crippen LogP contribution in [0.25, 0.3) is 0 Å². The van der Waals surface area contributed by atoms with Gasteiger partial charge in [-0.1, -0.05) is 39.8 Å². The van der Waals surface area contributed by atoms with Crippen LogP contribution < -0.4 is 27.0 Å². The van der Waals surface area contributed by atoms with Crippen LogP contribution >= 0.6 is 0 Å². The molecule has 17 nitrogen and oxygen atoms in total. The molecule has 1 aromatic rings. The summed E-state index contributed by atoms with van der Waals surface area (Å²) in [4.78, 5) is 90.7. The fourth-order valence-electron chi connectivity index (χ4n) is 5.54. The van der Waals surface area contributed by atoms with Crippen molar-refractivity contribution in [1.82, 2.24) is 26.2 Å². The lowest BCUT2D eigenvalue weighted by Crippen LogP contribution is -2.59. The second kappa shape index (κ2) is 19.4. The molecule has 1 saturated heterocycles. The first-order chi connectivity index (χ1) is 23.4. The zero-order valence-corrected chi connectivity index (χ0v) is 28.8. The number of carboxylic acid groups (broad SMARTS) is 2. The molecule has 278 valence electrons. The van der Waals surface area contributed by atoms with E-state index in [0.29, 0.717) is 12.0 Å². The molecule has 1 aliphatic rings. The normalized spacial score (nSPS) is 17.3. The number of carbonyl (C=O) groups is 7.